The first-order chi connectivity index (χ1) is 18.5. The summed E-state index contributed by atoms with van der Waals surface area (Å²) in [6, 6.07) is 9.97. The summed E-state index contributed by atoms with van der Waals surface area (Å²) in [6.07, 6.45) is 7.20. The molecule has 4 aromatic rings. The minimum absolute atomic E-state index is 0.0233. The van der Waals surface area contributed by atoms with Crippen LogP contribution in [0.15, 0.2) is 55.0 Å². The fourth-order valence-electron chi connectivity index (χ4n) is 5.49. The molecule has 1 N–H and O–H groups in total. The molecule has 1 aromatic carbocycles. The summed E-state index contributed by atoms with van der Waals surface area (Å²) in [7, 11) is -3.43. The second-order valence-electron chi connectivity index (χ2n) is 10.1. The lowest BCUT2D eigenvalue weighted by Gasteiger charge is -2.38. The molecule has 38 heavy (non-hydrogen) atoms. The third-order valence-corrected chi connectivity index (χ3v) is 9.31. The van der Waals surface area contributed by atoms with E-state index in [9.17, 15) is 12.8 Å². The fourth-order valence-corrected chi connectivity index (χ4v) is 7.22. The zero-order valence-corrected chi connectivity index (χ0v) is 21.9. The number of H-pyrrole nitrogens is 1. The van der Waals surface area contributed by atoms with Crippen molar-refractivity contribution < 1.29 is 17.5 Å². The molecular formula is C27H31FN6O3S. The molecule has 1 unspecified atom stereocenters. The minimum Gasteiger partial charge on any atom is -0.493 e. The molecule has 200 valence electrons. The molecule has 2 aliphatic rings. The highest BCUT2D eigenvalue weighted by molar-refractivity contribution is 7.89. The molecule has 0 aliphatic carbocycles. The second kappa shape index (κ2) is 10.5. The molecule has 2 saturated heterocycles. The van der Waals surface area contributed by atoms with Crippen molar-refractivity contribution in [3.8, 4) is 5.75 Å². The Morgan fingerprint density at radius 1 is 1.03 bits per heavy atom. The summed E-state index contributed by atoms with van der Waals surface area (Å²) < 4.78 is 47.2. The predicted molar refractivity (Wildman–Crippen MR) is 145 cm³/mol. The normalized spacial score (nSPS) is 19.8. The standard InChI is InChI=1S/C27H31FN6O3S/c28-21-3-5-22(6-4-21)37-18-20-2-1-11-34(17-20)38(35,36)19-32-12-14-33(15-13-32)25-8-10-29-24-16-31-27-23(26(24)25)7-9-30-27/h3-10,16,20H,1-2,11-15,17-19H2,(H,30,31). The van der Waals surface area contributed by atoms with Gasteiger partial charge in [-0.3, -0.25) is 9.88 Å². The Hall–Kier alpha value is -3.28. The van der Waals surface area contributed by atoms with E-state index < -0.39 is 10.0 Å². The van der Waals surface area contributed by atoms with Crippen molar-refractivity contribution >= 4 is 37.6 Å². The smallest absolute Gasteiger partial charge is 0.227 e. The van der Waals surface area contributed by atoms with Crippen molar-refractivity contribution in [3.05, 3.63) is 60.8 Å². The Balaban J connectivity index is 1.07. The highest BCUT2D eigenvalue weighted by atomic mass is 32.2. The lowest BCUT2D eigenvalue weighted by molar-refractivity contribution is 0.177. The van der Waals surface area contributed by atoms with Crippen LogP contribution in [0.4, 0.5) is 10.1 Å². The lowest BCUT2D eigenvalue weighted by Crippen LogP contribution is -2.51. The zero-order chi connectivity index (χ0) is 26.1. The number of anilines is 1. The summed E-state index contributed by atoms with van der Waals surface area (Å²) in [5, 5.41) is 2.11. The van der Waals surface area contributed by atoms with Crippen LogP contribution >= 0.6 is 0 Å². The molecule has 0 amide bonds. The molecule has 2 aliphatic heterocycles. The van der Waals surface area contributed by atoms with Crippen LogP contribution in [0, 0.1) is 11.7 Å². The number of nitrogens with one attached hydrogen (secondary N) is 1. The van der Waals surface area contributed by atoms with Gasteiger partial charge in [0.2, 0.25) is 10.0 Å². The molecule has 3 aromatic heterocycles. The second-order valence-corrected chi connectivity index (χ2v) is 12.0. The van der Waals surface area contributed by atoms with E-state index in [1.807, 2.05) is 23.2 Å². The molecule has 2 fully saturated rings. The van der Waals surface area contributed by atoms with E-state index in [0.717, 1.165) is 53.6 Å². The maximum absolute atomic E-state index is 13.3. The van der Waals surface area contributed by atoms with Gasteiger partial charge in [-0.15, -0.1) is 0 Å². The first kappa shape index (κ1) is 25.0. The molecule has 1 atom stereocenters. The lowest BCUT2D eigenvalue weighted by atomic mass is 10.0. The molecule has 6 rings (SSSR count). The number of aromatic nitrogens is 3. The highest BCUT2D eigenvalue weighted by Gasteiger charge is 2.32. The van der Waals surface area contributed by atoms with E-state index in [4.69, 9.17) is 4.74 Å². The first-order valence-electron chi connectivity index (χ1n) is 13.0. The number of hydrogen-bond donors (Lipinski definition) is 1. The van der Waals surface area contributed by atoms with Gasteiger partial charge in [-0.2, -0.15) is 0 Å². The number of halogens is 1. The molecule has 0 bridgehead atoms. The Bertz CT molecular complexity index is 1520. The summed E-state index contributed by atoms with van der Waals surface area (Å²) >= 11 is 0. The van der Waals surface area contributed by atoms with Gasteiger partial charge in [-0.05, 0) is 49.2 Å². The Kier molecular flexibility index (Phi) is 6.89. The molecule has 9 nitrogen and oxygen atoms in total. The summed E-state index contributed by atoms with van der Waals surface area (Å²) in [5.74, 6) is 0.424. The van der Waals surface area contributed by atoms with Crippen LogP contribution in [0.2, 0.25) is 0 Å². The van der Waals surface area contributed by atoms with Crippen molar-refractivity contribution in [2.75, 3.05) is 56.7 Å². The van der Waals surface area contributed by atoms with Crippen LogP contribution in [0.3, 0.4) is 0 Å². The third-order valence-electron chi connectivity index (χ3n) is 7.50. The van der Waals surface area contributed by atoms with Gasteiger partial charge in [0.15, 0.2) is 0 Å². The van der Waals surface area contributed by atoms with Crippen LogP contribution in [-0.4, -0.2) is 84.3 Å². The average Bonchev–Trinajstić information content (AvgIpc) is 3.42. The Labute approximate surface area is 221 Å². The average molecular weight is 539 g/mol. The van der Waals surface area contributed by atoms with E-state index in [0.29, 0.717) is 38.5 Å². The molecule has 0 spiro atoms. The van der Waals surface area contributed by atoms with Crippen LogP contribution < -0.4 is 9.64 Å². The molecule has 0 saturated carbocycles. The topological polar surface area (TPSA) is 94.7 Å². The van der Waals surface area contributed by atoms with Gasteiger partial charge in [0.05, 0.1) is 18.3 Å². The third kappa shape index (κ3) is 5.18. The number of pyridine rings is 2. The number of aromatic amines is 1. The van der Waals surface area contributed by atoms with E-state index in [1.54, 1.807) is 28.8 Å². The van der Waals surface area contributed by atoms with Gasteiger partial charge in [0.1, 0.15) is 23.1 Å². The van der Waals surface area contributed by atoms with Gasteiger partial charge in [0.25, 0.3) is 0 Å². The van der Waals surface area contributed by atoms with E-state index in [-0.39, 0.29) is 17.6 Å². The van der Waals surface area contributed by atoms with Gasteiger partial charge in [0, 0.05) is 74.0 Å². The van der Waals surface area contributed by atoms with Crippen LogP contribution in [0.25, 0.3) is 21.9 Å². The Morgan fingerprint density at radius 3 is 2.66 bits per heavy atom. The minimum atomic E-state index is -3.43. The van der Waals surface area contributed by atoms with Crippen LogP contribution in [-0.2, 0) is 10.0 Å². The van der Waals surface area contributed by atoms with Crippen molar-refractivity contribution in [2.45, 2.75) is 12.8 Å². The number of hydrogen-bond acceptors (Lipinski definition) is 7. The molecule has 0 radical (unpaired) electrons. The number of rotatable bonds is 7. The van der Waals surface area contributed by atoms with E-state index in [2.05, 4.69) is 19.9 Å². The molecule has 5 heterocycles. The fraction of sp³-hybridized carbons (Fsp3) is 0.407. The van der Waals surface area contributed by atoms with Crippen LogP contribution in [0.5, 0.6) is 5.75 Å². The van der Waals surface area contributed by atoms with E-state index >= 15 is 0 Å². The number of nitrogens with zero attached hydrogens (tertiary/aromatic N) is 5. The van der Waals surface area contributed by atoms with Gasteiger partial charge >= 0.3 is 0 Å². The van der Waals surface area contributed by atoms with Crippen molar-refractivity contribution in [3.63, 3.8) is 0 Å². The van der Waals surface area contributed by atoms with E-state index in [1.165, 1.54) is 12.1 Å². The number of sulfonamides is 1. The highest BCUT2D eigenvalue weighted by Crippen LogP contribution is 2.32. The maximum atomic E-state index is 13.3. The molecule has 11 heteroatoms. The number of fused-ring (bicyclic) bond motifs is 3. The number of benzene rings is 1. The largest absolute Gasteiger partial charge is 0.493 e. The monoisotopic (exact) mass is 538 g/mol. The van der Waals surface area contributed by atoms with Crippen molar-refractivity contribution in [2.24, 2.45) is 5.92 Å². The molecular weight excluding hydrogens is 507 g/mol. The summed E-state index contributed by atoms with van der Waals surface area (Å²) in [6.45, 7) is 4.20. The SMILES string of the molecule is O=S(=O)(CN1CCN(c2ccnc3cnc4[nH]ccc4c23)CC1)N1CCCC(COc2ccc(F)cc2)C1. The quantitative estimate of drug-likeness (QED) is 0.385. The maximum Gasteiger partial charge on any atom is 0.227 e. The first-order valence-corrected chi connectivity index (χ1v) is 14.6. The number of piperidine rings is 1. The van der Waals surface area contributed by atoms with Gasteiger partial charge in [-0.1, -0.05) is 0 Å². The van der Waals surface area contributed by atoms with Crippen molar-refractivity contribution in [1.82, 2.24) is 24.2 Å². The summed E-state index contributed by atoms with van der Waals surface area (Å²) in [4.78, 5) is 16.5. The predicted octanol–water partition coefficient (Wildman–Crippen LogP) is 3.45. The summed E-state index contributed by atoms with van der Waals surface area (Å²) in [5.41, 5.74) is 2.78. The van der Waals surface area contributed by atoms with Gasteiger partial charge in [-0.25, -0.2) is 22.1 Å². The van der Waals surface area contributed by atoms with Gasteiger partial charge < -0.3 is 14.6 Å². The number of piperazine rings is 1. The van der Waals surface area contributed by atoms with Crippen LogP contribution in [0.1, 0.15) is 12.8 Å². The Morgan fingerprint density at radius 2 is 1.84 bits per heavy atom. The number of ether oxygens (including phenoxy) is 1. The zero-order valence-electron chi connectivity index (χ0n) is 21.1. The van der Waals surface area contributed by atoms with Crippen molar-refractivity contribution in [1.29, 1.82) is 0 Å².